The molecule has 2 rings (SSSR count). The van der Waals surface area contributed by atoms with Crippen molar-refractivity contribution in [1.29, 1.82) is 0 Å². The molecule has 1 aromatic carbocycles. The molecule has 10 heteroatoms. The Morgan fingerprint density at radius 2 is 1.82 bits per heavy atom. The van der Waals surface area contributed by atoms with Crippen molar-refractivity contribution in [2.75, 3.05) is 33.4 Å². The van der Waals surface area contributed by atoms with Crippen LogP contribution in [0.15, 0.2) is 29.2 Å². The largest absolute Gasteiger partial charge is 0.494 e. The summed E-state index contributed by atoms with van der Waals surface area (Å²) in [5, 5.41) is 2.87. The van der Waals surface area contributed by atoms with E-state index in [-0.39, 0.29) is 35.9 Å². The average molecular weight is 413 g/mol. The molecule has 156 valence electrons. The standard InChI is InChI=1S/C18H27N3O6S/c1-3-27-15-4-6-16(7-5-15)28(24,25)19-11-8-17(22)20-14-9-12-21(13-10-14)18(23)26-2/h4-7,14,19H,3,8-13H2,1-2H3,(H,20,22). The third-order valence-electron chi connectivity index (χ3n) is 4.38. The van der Waals surface area contributed by atoms with E-state index in [1.807, 2.05) is 6.92 Å². The number of nitrogens with zero attached hydrogens (tertiary/aromatic N) is 1. The first kappa shape index (κ1) is 22.0. The Balaban J connectivity index is 1.73. The molecule has 9 nitrogen and oxygen atoms in total. The van der Waals surface area contributed by atoms with Gasteiger partial charge in [0.2, 0.25) is 15.9 Å². The van der Waals surface area contributed by atoms with Crippen molar-refractivity contribution in [2.45, 2.75) is 37.1 Å². The van der Waals surface area contributed by atoms with Crippen molar-refractivity contribution >= 4 is 22.0 Å². The molecule has 0 radical (unpaired) electrons. The van der Waals surface area contributed by atoms with Crippen LogP contribution in [0.5, 0.6) is 5.75 Å². The van der Waals surface area contributed by atoms with Crippen LogP contribution in [-0.2, 0) is 19.6 Å². The van der Waals surface area contributed by atoms with E-state index in [4.69, 9.17) is 4.74 Å². The Labute approximate surface area is 165 Å². The smallest absolute Gasteiger partial charge is 0.409 e. The second-order valence-electron chi connectivity index (χ2n) is 6.35. The van der Waals surface area contributed by atoms with Crippen LogP contribution in [-0.4, -0.2) is 64.7 Å². The first-order valence-corrected chi connectivity index (χ1v) is 10.7. The lowest BCUT2D eigenvalue weighted by atomic mass is 10.1. The predicted molar refractivity (Wildman–Crippen MR) is 103 cm³/mol. The third-order valence-corrected chi connectivity index (χ3v) is 5.86. The Hall–Kier alpha value is -2.33. The Bertz CT molecular complexity index is 758. The van der Waals surface area contributed by atoms with Gasteiger partial charge in [-0.1, -0.05) is 0 Å². The number of carbonyl (C=O) groups excluding carboxylic acids is 2. The summed E-state index contributed by atoms with van der Waals surface area (Å²) in [5.74, 6) is 0.366. The molecule has 1 fully saturated rings. The van der Waals surface area contributed by atoms with Gasteiger partial charge in [-0.15, -0.1) is 0 Å². The molecule has 1 aliphatic heterocycles. The first-order chi connectivity index (χ1) is 13.4. The number of likely N-dealkylation sites (tertiary alicyclic amines) is 1. The molecule has 28 heavy (non-hydrogen) atoms. The molecule has 1 aromatic rings. The number of carbonyl (C=O) groups is 2. The zero-order chi connectivity index (χ0) is 20.6. The van der Waals surface area contributed by atoms with Gasteiger partial charge in [-0.25, -0.2) is 17.9 Å². The topological polar surface area (TPSA) is 114 Å². The van der Waals surface area contributed by atoms with E-state index in [9.17, 15) is 18.0 Å². The highest BCUT2D eigenvalue weighted by atomic mass is 32.2. The number of hydrogen-bond donors (Lipinski definition) is 2. The number of methoxy groups -OCH3 is 1. The van der Waals surface area contributed by atoms with Crippen molar-refractivity contribution < 1.29 is 27.5 Å². The molecule has 0 spiro atoms. The van der Waals surface area contributed by atoms with Gasteiger partial charge in [-0.05, 0) is 44.0 Å². The van der Waals surface area contributed by atoms with Crippen molar-refractivity contribution in [2.24, 2.45) is 0 Å². The number of nitrogens with one attached hydrogen (secondary N) is 2. The maximum atomic E-state index is 12.3. The predicted octanol–water partition coefficient (Wildman–Crippen LogP) is 1.10. The molecule has 0 aromatic heterocycles. The lowest BCUT2D eigenvalue weighted by Crippen LogP contribution is -2.46. The van der Waals surface area contributed by atoms with Crippen LogP contribution in [0.2, 0.25) is 0 Å². The Kier molecular flexibility index (Phi) is 8.06. The van der Waals surface area contributed by atoms with E-state index in [2.05, 4.69) is 14.8 Å². The molecule has 0 aliphatic carbocycles. The summed E-state index contributed by atoms with van der Waals surface area (Å²) in [5.41, 5.74) is 0. The molecule has 0 saturated carbocycles. The number of hydrogen-bond acceptors (Lipinski definition) is 6. The number of sulfonamides is 1. The maximum Gasteiger partial charge on any atom is 0.409 e. The van der Waals surface area contributed by atoms with Crippen molar-refractivity contribution in [3.63, 3.8) is 0 Å². The van der Waals surface area contributed by atoms with Crippen LogP contribution in [0.25, 0.3) is 0 Å². The van der Waals surface area contributed by atoms with Gasteiger partial charge in [0, 0.05) is 32.1 Å². The highest BCUT2D eigenvalue weighted by Gasteiger charge is 2.24. The van der Waals surface area contributed by atoms with Gasteiger partial charge in [0.25, 0.3) is 0 Å². The number of amides is 2. The number of benzene rings is 1. The lowest BCUT2D eigenvalue weighted by Gasteiger charge is -2.31. The lowest BCUT2D eigenvalue weighted by molar-refractivity contribution is -0.121. The normalized spacial score (nSPS) is 15.1. The van der Waals surface area contributed by atoms with E-state index >= 15 is 0 Å². The molecular weight excluding hydrogens is 386 g/mol. The minimum absolute atomic E-state index is 0.00236. The van der Waals surface area contributed by atoms with E-state index in [1.165, 1.54) is 19.2 Å². The molecule has 1 saturated heterocycles. The molecular formula is C18H27N3O6S. The zero-order valence-corrected chi connectivity index (χ0v) is 17.0. The minimum Gasteiger partial charge on any atom is -0.494 e. The molecule has 2 amide bonds. The van der Waals surface area contributed by atoms with Crippen molar-refractivity contribution in [1.82, 2.24) is 14.9 Å². The van der Waals surface area contributed by atoms with Crippen LogP contribution in [0.4, 0.5) is 4.79 Å². The Morgan fingerprint density at radius 1 is 1.18 bits per heavy atom. The van der Waals surface area contributed by atoms with Gasteiger partial charge in [0.1, 0.15) is 5.75 Å². The highest BCUT2D eigenvalue weighted by molar-refractivity contribution is 7.89. The molecule has 0 bridgehead atoms. The van der Waals surface area contributed by atoms with Gasteiger partial charge < -0.3 is 19.7 Å². The second kappa shape index (κ2) is 10.3. The molecule has 0 unspecified atom stereocenters. The highest BCUT2D eigenvalue weighted by Crippen LogP contribution is 2.16. The maximum absolute atomic E-state index is 12.3. The zero-order valence-electron chi connectivity index (χ0n) is 16.1. The summed E-state index contributed by atoms with van der Waals surface area (Å²) in [6, 6.07) is 6.07. The number of piperidine rings is 1. The summed E-state index contributed by atoms with van der Waals surface area (Å²) < 4.78 is 36.9. The van der Waals surface area contributed by atoms with Gasteiger partial charge in [-0.2, -0.15) is 0 Å². The Morgan fingerprint density at radius 3 is 2.39 bits per heavy atom. The minimum atomic E-state index is -3.68. The quantitative estimate of drug-likeness (QED) is 0.660. The van der Waals surface area contributed by atoms with Gasteiger partial charge >= 0.3 is 6.09 Å². The van der Waals surface area contributed by atoms with E-state index in [1.54, 1.807) is 17.0 Å². The summed E-state index contributed by atoms with van der Waals surface area (Å²) >= 11 is 0. The SMILES string of the molecule is CCOc1ccc(S(=O)(=O)NCCC(=O)NC2CCN(C(=O)OC)CC2)cc1. The summed E-state index contributed by atoms with van der Waals surface area (Å²) in [4.78, 5) is 25.2. The number of rotatable bonds is 8. The molecule has 1 heterocycles. The van der Waals surface area contributed by atoms with E-state index in [0.717, 1.165) is 0 Å². The third kappa shape index (κ3) is 6.38. The van der Waals surface area contributed by atoms with Gasteiger partial charge in [0.05, 0.1) is 18.6 Å². The first-order valence-electron chi connectivity index (χ1n) is 9.20. The van der Waals surface area contributed by atoms with Crippen molar-refractivity contribution in [3.05, 3.63) is 24.3 Å². The van der Waals surface area contributed by atoms with Gasteiger partial charge in [0.15, 0.2) is 0 Å². The summed E-state index contributed by atoms with van der Waals surface area (Å²) in [6.45, 7) is 3.38. The van der Waals surface area contributed by atoms with Crippen LogP contribution in [0.1, 0.15) is 26.2 Å². The average Bonchev–Trinajstić information content (AvgIpc) is 2.68. The van der Waals surface area contributed by atoms with Crippen molar-refractivity contribution in [3.8, 4) is 5.75 Å². The number of ether oxygens (including phenoxy) is 2. The fourth-order valence-corrected chi connectivity index (χ4v) is 3.93. The van der Waals surface area contributed by atoms with E-state index in [0.29, 0.717) is 38.3 Å². The van der Waals surface area contributed by atoms with Crippen LogP contribution in [0, 0.1) is 0 Å². The van der Waals surface area contributed by atoms with Crippen LogP contribution in [0.3, 0.4) is 0 Å². The van der Waals surface area contributed by atoms with Gasteiger partial charge in [-0.3, -0.25) is 4.79 Å². The van der Waals surface area contributed by atoms with Crippen LogP contribution >= 0.6 is 0 Å². The fraction of sp³-hybridized carbons (Fsp3) is 0.556. The fourth-order valence-electron chi connectivity index (χ4n) is 2.90. The van der Waals surface area contributed by atoms with Crippen LogP contribution < -0.4 is 14.8 Å². The molecule has 0 atom stereocenters. The second-order valence-corrected chi connectivity index (χ2v) is 8.12. The monoisotopic (exact) mass is 413 g/mol. The summed E-state index contributed by atoms with van der Waals surface area (Å²) in [7, 11) is -2.35. The van der Waals surface area contributed by atoms with E-state index < -0.39 is 10.0 Å². The molecule has 1 aliphatic rings. The summed E-state index contributed by atoms with van der Waals surface area (Å²) in [6.07, 6.45) is 0.943. The molecule has 2 N–H and O–H groups in total.